The van der Waals surface area contributed by atoms with Crippen LogP contribution in [-0.4, -0.2) is 34.6 Å². The Kier molecular flexibility index (Phi) is 8.18. The van der Waals surface area contributed by atoms with E-state index in [-0.39, 0.29) is 29.2 Å². The minimum atomic E-state index is -3.88. The topological polar surface area (TPSA) is 125 Å². The summed E-state index contributed by atoms with van der Waals surface area (Å²) in [7, 11) is -3.88. The second-order valence-corrected chi connectivity index (χ2v) is 12.9. The molecule has 2 heterocycles. The van der Waals surface area contributed by atoms with Gasteiger partial charge in [0.2, 0.25) is 9.84 Å². The van der Waals surface area contributed by atoms with Crippen molar-refractivity contribution >= 4 is 32.5 Å². The van der Waals surface area contributed by atoms with Crippen molar-refractivity contribution in [3.05, 3.63) is 94.2 Å². The number of nitrogen functional groups attached to an aromatic ring is 1. The third-order valence-electron chi connectivity index (χ3n) is 6.28. The highest BCUT2D eigenvalue weighted by molar-refractivity contribution is 7.95. The summed E-state index contributed by atoms with van der Waals surface area (Å²) in [5.74, 6) is -0.202. The lowest BCUT2D eigenvalue weighted by molar-refractivity contribution is -0.153. The van der Waals surface area contributed by atoms with Crippen LogP contribution in [0.25, 0.3) is 16.6 Å². The number of aliphatic hydroxyl groups is 1. The van der Waals surface area contributed by atoms with Gasteiger partial charge in [-0.3, -0.25) is 4.79 Å². The molecular formula is C31H35N3O5S. The van der Waals surface area contributed by atoms with E-state index in [0.29, 0.717) is 17.2 Å². The number of aromatic nitrogens is 2. The zero-order valence-corrected chi connectivity index (χ0v) is 24.2. The molecule has 4 rings (SSSR count). The molecule has 9 heteroatoms. The molecule has 0 saturated heterocycles. The summed E-state index contributed by atoms with van der Waals surface area (Å²) in [6, 6.07) is 16.3. The Bertz CT molecular complexity index is 1690. The van der Waals surface area contributed by atoms with Gasteiger partial charge >= 0.3 is 5.97 Å². The number of nitrogens with two attached hydrogens (primary N) is 1. The average Bonchev–Trinajstić information content (AvgIpc) is 3.27. The summed E-state index contributed by atoms with van der Waals surface area (Å²) in [5.41, 5.74) is 9.95. The van der Waals surface area contributed by atoms with Crippen molar-refractivity contribution in [2.75, 3.05) is 5.73 Å². The van der Waals surface area contributed by atoms with Crippen LogP contribution in [0.4, 0.5) is 5.82 Å². The van der Waals surface area contributed by atoms with Crippen LogP contribution >= 0.6 is 0 Å². The number of carbonyl (C=O) groups is 1. The average molecular weight is 562 g/mol. The molecule has 0 amide bonds. The van der Waals surface area contributed by atoms with Gasteiger partial charge in [0.25, 0.3) is 0 Å². The number of rotatable bonds is 8. The maximum atomic E-state index is 13.8. The largest absolute Gasteiger partial charge is 0.460 e. The molecule has 40 heavy (non-hydrogen) atoms. The molecule has 0 unspecified atom stereocenters. The summed E-state index contributed by atoms with van der Waals surface area (Å²) >= 11 is 0. The SMILES string of the molecule is Cc1cc(C)cc(S(=O)(=O)/C(=C\CC(=O)OC(C)(C)C)Cc2ccc3c(ccn3-c3ccc(CO)nc3N)c2)c1. The van der Waals surface area contributed by atoms with Crippen molar-refractivity contribution in [1.29, 1.82) is 0 Å². The van der Waals surface area contributed by atoms with E-state index in [0.717, 1.165) is 27.6 Å². The first-order valence-electron chi connectivity index (χ1n) is 13.0. The lowest BCUT2D eigenvalue weighted by Crippen LogP contribution is -2.23. The van der Waals surface area contributed by atoms with E-state index in [1.54, 1.807) is 45.0 Å². The van der Waals surface area contributed by atoms with Crippen LogP contribution in [0, 0.1) is 13.8 Å². The summed E-state index contributed by atoms with van der Waals surface area (Å²) in [6.07, 6.45) is 3.27. The van der Waals surface area contributed by atoms with Crippen molar-refractivity contribution in [3.8, 4) is 5.69 Å². The second kappa shape index (κ2) is 11.3. The number of sulfone groups is 1. The molecule has 210 valence electrons. The van der Waals surface area contributed by atoms with Crippen molar-refractivity contribution in [3.63, 3.8) is 0 Å². The van der Waals surface area contributed by atoms with Crippen molar-refractivity contribution < 1.29 is 23.1 Å². The Balaban J connectivity index is 1.71. The summed E-state index contributed by atoms with van der Waals surface area (Å²) in [6.45, 7) is 8.83. The van der Waals surface area contributed by atoms with Crippen molar-refractivity contribution in [1.82, 2.24) is 9.55 Å². The highest BCUT2D eigenvalue weighted by Gasteiger charge is 2.23. The Labute approximate surface area is 235 Å². The van der Waals surface area contributed by atoms with Gasteiger partial charge in [-0.1, -0.05) is 18.2 Å². The van der Waals surface area contributed by atoms with Crippen LogP contribution in [0.2, 0.25) is 0 Å². The molecule has 8 nitrogen and oxygen atoms in total. The van der Waals surface area contributed by atoms with Crippen LogP contribution in [0.3, 0.4) is 0 Å². The lowest BCUT2D eigenvalue weighted by Gasteiger charge is -2.19. The fraction of sp³-hybridized carbons (Fsp3) is 0.290. The van der Waals surface area contributed by atoms with Gasteiger partial charge in [0, 0.05) is 18.0 Å². The number of hydrogen-bond acceptors (Lipinski definition) is 7. The Hall–Kier alpha value is -3.95. The molecule has 0 aliphatic rings. The molecular weight excluding hydrogens is 526 g/mol. The molecule has 0 saturated carbocycles. The quantitative estimate of drug-likeness (QED) is 0.278. The Morgan fingerprint density at radius 2 is 1.75 bits per heavy atom. The molecule has 0 bridgehead atoms. The van der Waals surface area contributed by atoms with Gasteiger partial charge in [0.15, 0.2) is 0 Å². The van der Waals surface area contributed by atoms with Gasteiger partial charge in [-0.2, -0.15) is 0 Å². The molecule has 2 aromatic carbocycles. The smallest absolute Gasteiger partial charge is 0.310 e. The van der Waals surface area contributed by atoms with E-state index in [9.17, 15) is 18.3 Å². The monoisotopic (exact) mass is 561 g/mol. The predicted octanol–water partition coefficient (Wildman–Crippen LogP) is 5.35. The number of aliphatic hydroxyl groups excluding tert-OH is 1. The molecule has 0 aliphatic carbocycles. The van der Waals surface area contributed by atoms with Crippen molar-refractivity contribution in [2.24, 2.45) is 0 Å². The van der Waals surface area contributed by atoms with Crippen LogP contribution in [0.15, 0.2) is 76.7 Å². The van der Waals surface area contributed by atoms with E-state index >= 15 is 0 Å². The number of esters is 1. The lowest BCUT2D eigenvalue weighted by atomic mass is 10.1. The predicted molar refractivity (Wildman–Crippen MR) is 157 cm³/mol. The van der Waals surface area contributed by atoms with Gasteiger partial charge in [-0.15, -0.1) is 0 Å². The van der Waals surface area contributed by atoms with Crippen LogP contribution in [-0.2, 0) is 32.4 Å². The number of aryl methyl sites for hydroxylation is 2. The molecule has 0 atom stereocenters. The number of hydrogen-bond donors (Lipinski definition) is 2. The fourth-order valence-corrected chi connectivity index (χ4v) is 6.26. The number of carbonyl (C=O) groups excluding carboxylic acids is 1. The number of allylic oxidation sites excluding steroid dienone is 1. The van der Waals surface area contributed by atoms with E-state index in [2.05, 4.69) is 4.98 Å². The highest BCUT2D eigenvalue weighted by atomic mass is 32.2. The third-order valence-corrected chi connectivity index (χ3v) is 8.14. The van der Waals surface area contributed by atoms with E-state index in [1.165, 1.54) is 6.08 Å². The molecule has 0 fully saturated rings. The summed E-state index contributed by atoms with van der Waals surface area (Å²) in [5, 5.41) is 10.2. The van der Waals surface area contributed by atoms with Gasteiger partial charge in [0.1, 0.15) is 11.4 Å². The van der Waals surface area contributed by atoms with E-state index < -0.39 is 21.4 Å². The Morgan fingerprint density at radius 3 is 2.38 bits per heavy atom. The standard InChI is InChI=1S/C31H35N3O5S/c1-20-14-21(2)16-26(15-20)40(37,38)25(8-11-29(36)39-31(3,4)5)18-22-6-9-27-23(17-22)12-13-34(27)28-10-7-24(19-35)33-30(28)32/h6-10,12-17,35H,11,18-19H2,1-5H3,(H2,32,33)/b25-8-. The van der Waals surface area contributed by atoms with Gasteiger partial charge in [-0.25, -0.2) is 13.4 Å². The highest BCUT2D eigenvalue weighted by Crippen LogP contribution is 2.29. The van der Waals surface area contributed by atoms with Gasteiger partial charge in [-0.05, 0) is 93.8 Å². The van der Waals surface area contributed by atoms with Crippen molar-refractivity contribution in [2.45, 2.75) is 64.6 Å². The van der Waals surface area contributed by atoms with E-state index in [4.69, 9.17) is 10.5 Å². The van der Waals surface area contributed by atoms with Crippen LogP contribution in [0.5, 0.6) is 0 Å². The maximum Gasteiger partial charge on any atom is 0.310 e. The number of ether oxygens (including phenoxy) is 1. The zero-order valence-electron chi connectivity index (χ0n) is 23.4. The number of fused-ring (bicyclic) bond motifs is 1. The summed E-state index contributed by atoms with van der Waals surface area (Å²) in [4.78, 5) is 17.0. The first-order chi connectivity index (χ1) is 18.8. The molecule has 2 aromatic heterocycles. The van der Waals surface area contributed by atoms with Gasteiger partial charge < -0.3 is 20.1 Å². The van der Waals surface area contributed by atoms with Crippen LogP contribution in [0.1, 0.15) is 49.6 Å². The third kappa shape index (κ3) is 6.60. The molecule has 3 N–H and O–H groups in total. The minimum Gasteiger partial charge on any atom is -0.460 e. The Morgan fingerprint density at radius 1 is 1.05 bits per heavy atom. The first kappa shape index (κ1) is 29.0. The number of anilines is 1. The molecule has 4 aromatic rings. The fourth-order valence-electron chi connectivity index (χ4n) is 4.61. The molecule has 0 aliphatic heterocycles. The molecule has 0 spiro atoms. The number of pyridine rings is 1. The van der Waals surface area contributed by atoms with E-state index in [1.807, 2.05) is 54.9 Å². The maximum absolute atomic E-state index is 13.8. The number of nitrogens with zero attached hydrogens (tertiary/aromatic N) is 2. The summed E-state index contributed by atoms with van der Waals surface area (Å²) < 4.78 is 34.9. The normalized spacial score (nSPS) is 12.6. The second-order valence-electron chi connectivity index (χ2n) is 10.9. The minimum absolute atomic E-state index is 0.105. The number of benzene rings is 2. The van der Waals surface area contributed by atoms with Gasteiger partial charge in [0.05, 0.1) is 39.7 Å². The first-order valence-corrected chi connectivity index (χ1v) is 14.5. The molecule has 0 radical (unpaired) electrons. The van der Waals surface area contributed by atoms with Crippen LogP contribution < -0.4 is 5.73 Å². The zero-order chi connectivity index (χ0) is 29.2.